The first-order chi connectivity index (χ1) is 12.5. The Balaban J connectivity index is 2.21. The van der Waals surface area contributed by atoms with Gasteiger partial charge < -0.3 is 15.3 Å². The van der Waals surface area contributed by atoms with Gasteiger partial charge >= 0.3 is 5.97 Å². The fraction of sp³-hybridized carbons (Fsp3) is 0.250. The molecule has 0 spiro atoms. The lowest BCUT2D eigenvalue weighted by Crippen LogP contribution is -2.35. The first-order valence-electron chi connectivity index (χ1n) is 8.44. The largest absolute Gasteiger partial charge is 0.480 e. The van der Waals surface area contributed by atoms with Gasteiger partial charge in [-0.05, 0) is 30.2 Å². The van der Waals surface area contributed by atoms with Crippen LogP contribution >= 0.6 is 0 Å². The number of carboxylic acid groups (broad SMARTS) is 1. The summed E-state index contributed by atoms with van der Waals surface area (Å²) in [4.78, 5) is 37.3. The summed E-state index contributed by atoms with van der Waals surface area (Å²) < 4.78 is 0. The molecule has 6 heteroatoms. The first-order valence-corrected chi connectivity index (χ1v) is 8.44. The fourth-order valence-corrected chi connectivity index (χ4v) is 2.48. The van der Waals surface area contributed by atoms with E-state index in [-0.39, 0.29) is 18.0 Å². The fourth-order valence-electron chi connectivity index (χ4n) is 2.48. The van der Waals surface area contributed by atoms with Gasteiger partial charge in [-0.25, -0.2) is 0 Å². The number of carbonyl (C=O) groups excluding carboxylic acids is 2. The third kappa shape index (κ3) is 5.44. The van der Waals surface area contributed by atoms with Crippen LogP contribution in [0.3, 0.4) is 0 Å². The Kier molecular flexibility index (Phi) is 6.91. The number of aliphatic carboxylic acids is 1. The molecule has 0 aliphatic rings. The standard InChI is InChI=1S/C20H22N2O4/c1-2-11-21-19(25)16-9-6-10-17(12-16)20(26)22(14-18(23)24)13-15-7-4-3-5-8-15/h3-10,12H,2,11,13-14H2,1H3,(H,21,25)(H,23,24). The molecule has 0 aromatic heterocycles. The topological polar surface area (TPSA) is 86.7 Å². The number of hydrogen-bond acceptors (Lipinski definition) is 3. The second kappa shape index (κ2) is 9.36. The Morgan fingerprint density at radius 3 is 2.35 bits per heavy atom. The van der Waals surface area contributed by atoms with E-state index in [9.17, 15) is 14.4 Å². The van der Waals surface area contributed by atoms with Gasteiger partial charge in [-0.15, -0.1) is 0 Å². The third-order valence-corrected chi connectivity index (χ3v) is 3.74. The predicted octanol–water partition coefficient (Wildman–Crippen LogP) is 2.55. The van der Waals surface area contributed by atoms with Gasteiger partial charge in [0.15, 0.2) is 0 Å². The van der Waals surface area contributed by atoms with Gasteiger partial charge in [-0.1, -0.05) is 43.3 Å². The molecule has 2 amide bonds. The van der Waals surface area contributed by atoms with Crippen LogP contribution < -0.4 is 5.32 Å². The van der Waals surface area contributed by atoms with Gasteiger partial charge in [-0.2, -0.15) is 0 Å². The summed E-state index contributed by atoms with van der Waals surface area (Å²) in [6, 6.07) is 15.5. The molecule has 0 bridgehead atoms. The van der Waals surface area contributed by atoms with E-state index in [2.05, 4.69) is 5.32 Å². The zero-order chi connectivity index (χ0) is 18.9. The monoisotopic (exact) mass is 354 g/mol. The van der Waals surface area contributed by atoms with Crippen LogP contribution in [0.2, 0.25) is 0 Å². The van der Waals surface area contributed by atoms with Crippen molar-refractivity contribution in [1.29, 1.82) is 0 Å². The third-order valence-electron chi connectivity index (χ3n) is 3.74. The van der Waals surface area contributed by atoms with Crippen molar-refractivity contribution >= 4 is 17.8 Å². The Hall–Kier alpha value is -3.15. The highest BCUT2D eigenvalue weighted by molar-refractivity contribution is 6.00. The van der Waals surface area contributed by atoms with Crippen LogP contribution in [0.25, 0.3) is 0 Å². The number of carboxylic acids is 1. The molecule has 0 radical (unpaired) electrons. The summed E-state index contributed by atoms with van der Waals surface area (Å²) in [5, 5.41) is 11.9. The summed E-state index contributed by atoms with van der Waals surface area (Å²) in [5.74, 6) is -1.78. The minimum atomic E-state index is -1.09. The van der Waals surface area contributed by atoms with Crippen LogP contribution in [-0.4, -0.2) is 40.9 Å². The zero-order valence-electron chi connectivity index (χ0n) is 14.6. The van der Waals surface area contributed by atoms with E-state index in [4.69, 9.17) is 5.11 Å². The predicted molar refractivity (Wildman–Crippen MR) is 97.9 cm³/mol. The van der Waals surface area contributed by atoms with E-state index in [1.54, 1.807) is 18.2 Å². The summed E-state index contributed by atoms with van der Waals surface area (Å²) >= 11 is 0. The highest BCUT2D eigenvalue weighted by atomic mass is 16.4. The van der Waals surface area contributed by atoms with Gasteiger partial charge in [0.1, 0.15) is 6.54 Å². The van der Waals surface area contributed by atoms with E-state index in [0.29, 0.717) is 12.1 Å². The van der Waals surface area contributed by atoms with E-state index >= 15 is 0 Å². The molecule has 0 heterocycles. The number of nitrogens with one attached hydrogen (secondary N) is 1. The second-order valence-corrected chi connectivity index (χ2v) is 5.88. The lowest BCUT2D eigenvalue weighted by molar-refractivity contribution is -0.137. The van der Waals surface area contributed by atoms with Gasteiger partial charge in [-0.3, -0.25) is 14.4 Å². The van der Waals surface area contributed by atoms with E-state index in [1.807, 2.05) is 37.3 Å². The Bertz CT molecular complexity index is 774. The lowest BCUT2D eigenvalue weighted by Gasteiger charge is -2.21. The van der Waals surface area contributed by atoms with E-state index in [0.717, 1.165) is 12.0 Å². The van der Waals surface area contributed by atoms with Crippen molar-refractivity contribution in [3.63, 3.8) is 0 Å². The van der Waals surface area contributed by atoms with Crippen molar-refractivity contribution in [2.45, 2.75) is 19.9 Å². The quantitative estimate of drug-likeness (QED) is 0.763. The number of hydrogen-bond donors (Lipinski definition) is 2. The molecular weight excluding hydrogens is 332 g/mol. The van der Waals surface area contributed by atoms with Gasteiger partial charge in [0.25, 0.3) is 11.8 Å². The van der Waals surface area contributed by atoms with Gasteiger partial charge in [0, 0.05) is 24.2 Å². The van der Waals surface area contributed by atoms with Crippen LogP contribution in [0, 0.1) is 0 Å². The molecule has 0 saturated carbocycles. The molecule has 26 heavy (non-hydrogen) atoms. The smallest absolute Gasteiger partial charge is 0.323 e. The maximum Gasteiger partial charge on any atom is 0.323 e. The minimum absolute atomic E-state index is 0.179. The molecule has 0 saturated heterocycles. The number of rotatable bonds is 8. The van der Waals surface area contributed by atoms with Crippen LogP contribution in [0.4, 0.5) is 0 Å². The minimum Gasteiger partial charge on any atom is -0.480 e. The van der Waals surface area contributed by atoms with Gasteiger partial charge in [0.05, 0.1) is 0 Å². The molecule has 0 fully saturated rings. The maximum atomic E-state index is 12.8. The van der Waals surface area contributed by atoms with Crippen molar-refractivity contribution in [2.75, 3.05) is 13.1 Å². The van der Waals surface area contributed by atoms with Crippen molar-refractivity contribution < 1.29 is 19.5 Å². The first kappa shape index (κ1) is 19.2. The Morgan fingerprint density at radius 2 is 1.69 bits per heavy atom. The van der Waals surface area contributed by atoms with Crippen molar-refractivity contribution in [3.8, 4) is 0 Å². The summed E-state index contributed by atoms with van der Waals surface area (Å²) in [6.07, 6.45) is 0.813. The van der Waals surface area contributed by atoms with Crippen LogP contribution in [0.1, 0.15) is 39.6 Å². The van der Waals surface area contributed by atoms with Crippen molar-refractivity contribution in [3.05, 3.63) is 71.3 Å². The highest BCUT2D eigenvalue weighted by Gasteiger charge is 2.20. The average molecular weight is 354 g/mol. The molecule has 0 aliphatic heterocycles. The Labute approximate surface area is 152 Å². The van der Waals surface area contributed by atoms with Gasteiger partial charge in [0.2, 0.25) is 0 Å². The summed E-state index contributed by atoms with van der Waals surface area (Å²) in [6.45, 7) is 2.27. The molecule has 0 unspecified atom stereocenters. The maximum absolute atomic E-state index is 12.8. The molecule has 0 aliphatic carbocycles. The van der Waals surface area contributed by atoms with E-state index in [1.165, 1.54) is 11.0 Å². The van der Waals surface area contributed by atoms with Crippen LogP contribution in [0.15, 0.2) is 54.6 Å². The number of benzene rings is 2. The lowest BCUT2D eigenvalue weighted by atomic mass is 10.1. The number of amides is 2. The highest BCUT2D eigenvalue weighted by Crippen LogP contribution is 2.12. The second-order valence-electron chi connectivity index (χ2n) is 5.88. The molecule has 2 rings (SSSR count). The SMILES string of the molecule is CCCNC(=O)c1cccc(C(=O)N(CC(=O)O)Cc2ccccc2)c1. The summed E-state index contributed by atoms with van der Waals surface area (Å²) in [5.41, 5.74) is 1.49. The van der Waals surface area contributed by atoms with Crippen LogP contribution in [-0.2, 0) is 11.3 Å². The molecule has 136 valence electrons. The molecule has 6 nitrogen and oxygen atoms in total. The molecular formula is C20H22N2O4. The zero-order valence-corrected chi connectivity index (χ0v) is 14.6. The van der Waals surface area contributed by atoms with Crippen molar-refractivity contribution in [1.82, 2.24) is 10.2 Å². The normalized spacial score (nSPS) is 10.2. The average Bonchev–Trinajstić information content (AvgIpc) is 2.65. The van der Waals surface area contributed by atoms with Crippen molar-refractivity contribution in [2.24, 2.45) is 0 Å². The Morgan fingerprint density at radius 1 is 1.00 bits per heavy atom. The van der Waals surface area contributed by atoms with Crippen LogP contribution in [0.5, 0.6) is 0 Å². The molecule has 2 aromatic carbocycles. The number of nitrogens with zero attached hydrogens (tertiary/aromatic N) is 1. The number of carbonyl (C=O) groups is 3. The van der Waals surface area contributed by atoms with E-state index < -0.39 is 18.4 Å². The molecule has 0 atom stereocenters. The molecule has 2 aromatic rings. The summed E-state index contributed by atoms with van der Waals surface area (Å²) in [7, 11) is 0. The molecule has 2 N–H and O–H groups in total.